The largest absolute Gasteiger partial charge is 0.305 e. The van der Waals surface area contributed by atoms with Crippen LogP contribution >= 0.6 is 11.3 Å². The SMILES string of the molecule is Cc1nc(C(C)NC2CCCCC2(C)C)cs1. The molecule has 1 heterocycles. The Morgan fingerprint density at radius 1 is 1.47 bits per heavy atom. The van der Waals surface area contributed by atoms with Crippen LogP contribution in [0.2, 0.25) is 0 Å². The lowest BCUT2D eigenvalue weighted by molar-refractivity contribution is 0.157. The molecule has 17 heavy (non-hydrogen) atoms. The molecule has 1 saturated carbocycles. The highest BCUT2D eigenvalue weighted by atomic mass is 32.1. The summed E-state index contributed by atoms with van der Waals surface area (Å²) in [6, 6.07) is 1.01. The molecule has 96 valence electrons. The molecule has 1 aliphatic rings. The van der Waals surface area contributed by atoms with Crippen LogP contribution in [-0.2, 0) is 0 Å². The highest BCUT2D eigenvalue weighted by molar-refractivity contribution is 7.09. The average molecular weight is 252 g/mol. The minimum absolute atomic E-state index is 0.377. The van der Waals surface area contributed by atoms with E-state index in [0.717, 1.165) is 5.01 Å². The second-order valence-corrected chi connectivity index (χ2v) is 7.03. The summed E-state index contributed by atoms with van der Waals surface area (Å²) in [5, 5.41) is 7.13. The summed E-state index contributed by atoms with van der Waals surface area (Å²) in [5.41, 5.74) is 1.63. The fourth-order valence-corrected chi connectivity index (χ4v) is 3.48. The van der Waals surface area contributed by atoms with Crippen LogP contribution in [-0.4, -0.2) is 11.0 Å². The van der Waals surface area contributed by atoms with Crippen LogP contribution in [0, 0.1) is 12.3 Å². The lowest BCUT2D eigenvalue weighted by Crippen LogP contribution is -2.45. The Hall–Kier alpha value is -0.410. The van der Waals surface area contributed by atoms with Crippen molar-refractivity contribution in [2.45, 2.75) is 65.5 Å². The zero-order valence-electron chi connectivity index (χ0n) is 11.4. The number of aryl methyl sites for hydroxylation is 1. The van der Waals surface area contributed by atoms with E-state index in [4.69, 9.17) is 0 Å². The number of thiazole rings is 1. The lowest BCUT2D eigenvalue weighted by Gasteiger charge is -2.40. The van der Waals surface area contributed by atoms with Crippen LogP contribution < -0.4 is 5.32 Å². The van der Waals surface area contributed by atoms with Crippen molar-refractivity contribution in [3.8, 4) is 0 Å². The summed E-state index contributed by atoms with van der Waals surface area (Å²) in [6.45, 7) is 9.09. The standard InChI is InChI=1S/C14H24N2S/c1-10(12-9-17-11(2)16-12)15-13-7-5-6-8-14(13,3)4/h9-10,13,15H,5-8H2,1-4H3. The van der Waals surface area contributed by atoms with Crippen LogP contribution in [0.1, 0.15) is 63.2 Å². The molecule has 0 aliphatic heterocycles. The van der Waals surface area contributed by atoms with E-state index in [9.17, 15) is 0 Å². The predicted molar refractivity (Wildman–Crippen MR) is 74.4 cm³/mol. The molecule has 2 unspecified atom stereocenters. The van der Waals surface area contributed by atoms with Crippen molar-refractivity contribution >= 4 is 11.3 Å². The zero-order chi connectivity index (χ0) is 12.5. The third kappa shape index (κ3) is 3.08. The summed E-state index contributed by atoms with van der Waals surface area (Å²) < 4.78 is 0. The molecule has 3 heteroatoms. The maximum atomic E-state index is 4.58. The predicted octanol–water partition coefficient (Wildman–Crippen LogP) is 4.07. The van der Waals surface area contributed by atoms with Crippen LogP contribution in [0.4, 0.5) is 0 Å². The van der Waals surface area contributed by atoms with Crippen molar-refractivity contribution in [3.63, 3.8) is 0 Å². The van der Waals surface area contributed by atoms with E-state index in [0.29, 0.717) is 17.5 Å². The van der Waals surface area contributed by atoms with Crippen molar-refractivity contribution in [1.29, 1.82) is 0 Å². The molecule has 0 radical (unpaired) electrons. The first-order chi connectivity index (χ1) is 7.99. The Balaban J connectivity index is 2.00. The van der Waals surface area contributed by atoms with Gasteiger partial charge in [0.25, 0.3) is 0 Å². The molecule has 1 fully saturated rings. The molecular weight excluding hydrogens is 228 g/mol. The molecule has 0 aromatic carbocycles. The Bertz CT molecular complexity index is 370. The number of nitrogens with zero attached hydrogens (tertiary/aromatic N) is 1. The first-order valence-electron chi connectivity index (χ1n) is 6.67. The molecule has 0 amide bonds. The Morgan fingerprint density at radius 2 is 2.24 bits per heavy atom. The van der Waals surface area contributed by atoms with Gasteiger partial charge in [0.05, 0.1) is 10.7 Å². The normalized spacial score (nSPS) is 25.8. The molecule has 2 rings (SSSR count). The molecule has 1 aliphatic carbocycles. The second kappa shape index (κ2) is 5.07. The van der Waals surface area contributed by atoms with Gasteiger partial charge in [-0.2, -0.15) is 0 Å². The molecule has 1 aromatic rings. The van der Waals surface area contributed by atoms with E-state index in [-0.39, 0.29) is 0 Å². The van der Waals surface area contributed by atoms with E-state index >= 15 is 0 Å². The number of hydrogen-bond donors (Lipinski definition) is 1. The van der Waals surface area contributed by atoms with Crippen molar-refractivity contribution in [2.75, 3.05) is 0 Å². The Labute approximate surface area is 109 Å². The van der Waals surface area contributed by atoms with Crippen LogP contribution in [0.5, 0.6) is 0 Å². The van der Waals surface area contributed by atoms with E-state index in [2.05, 4.69) is 43.4 Å². The van der Waals surface area contributed by atoms with Gasteiger partial charge in [0.1, 0.15) is 0 Å². The van der Waals surface area contributed by atoms with E-state index < -0.39 is 0 Å². The van der Waals surface area contributed by atoms with Crippen molar-refractivity contribution < 1.29 is 0 Å². The molecule has 2 nitrogen and oxygen atoms in total. The van der Waals surface area contributed by atoms with Gasteiger partial charge in [0.2, 0.25) is 0 Å². The number of rotatable bonds is 3. The van der Waals surface area contributed by atoms with Gasteiger partial charge in [-0.15, -0.1) is 11.3 Å². The summed E-state index contributed by atoms with van der Waals surface area (Å²) in [6.07, 6.45) is 5.40. The van der Waals surface area contributed by atoms with Gasteiger partial charge in [-0.3, -0.25) is 0 Å². The molecule has 0 spiro atoms. The number of hydrogen-bond acceptors (Lipinski definition) is 3. The topological polar surface area (TPSA) is 24.9 Å². The maximum Gasteiger partial charge on any atom is 0.0898 e. The minimum atomic E-state index is 0.377. The second-order valence-electron chi connectivity index (χ2n) is 5.97. The number of nitrogens with one attached hydrogen (secondary N) is 1. The zero-order valence-corrected chi connectivity index (χ0v) is 12.2. The summed E-state index contributed by atoms with van der Waals surface area (Å²) >= 11 is 1.74. The Kier molecular flexibility index (Phi) is 3.88. The van der Waals surface area contributed by atoms with Crippen LogP contribution in [0.15, 0.2) is 5.38 Å². The number of aromatic nitrogens is 1. The highest BCUT2D eigenvalue weighted by Crippen LogP contribution is 2.36. The third-order valence-electron chi connectivity index (χ3n) is 4.04. The van der Waals surface area contributed by atoms with E-state index in [1.807, 2.05) is 0 Å². The van der Waals surface area contributed by atoms with E-state index in [1.54, 1.807) is 11.3 Å². The van der Waals surface area contributed by atoms with Crippen LogP contribution in [0.25, 0.3) is 0 Å². The summed E-state index contributed by atoms with van der Waals surface area (Å²) in [7, 11) is 0. The first kappa shape index (κ1) is 13.0. The van der Waals surface area contributed by atoms with E-state index in [1.165, 1.54) is 31.4 Å². The molecular formula is C14H24N2S. The maximum absolute atomic E-state index is 4.58. The molecule has 0 saturated heterocycles. The quantitative estimate of drug-likeness (QED) is 0.877. The first-order valence-corrected chi connectivity index (χ1v) is 7.55. The van der Waals surface area contributed by atoms with Gasteiger partial charge in [-0.25, -0.2) is 4.98 Å². The average Bonchev–Trinajstić information content (AvgIpc) is 2.68. The Morgan fingerprint density at radius 3 is 2.82 bits per heavy atom. The molecule has 1 aromatic heterocycles. The van der Waals surface area contributed by atoms with Gasteiger partial charge >= 0.3 is 0 Å². The van der Waals surface area contributed by atoms with Crippen molar-refractivity contribution in [1.82, 2.24) is 10.3 Å². The van der Waals surface area contributed by atoms with Crippen molar-refractivity contribution in [3.05, 3.63) is 16.1 Å². The smallest absolute Gasteiger partial charge is 0.0898 e. The van der Waals surface area contributed by atoms with Gasteiger partial charge in [-0.1, -0.05) is 26.7 Å². The molecule has 1 N–H and O–H groups in total. The summed E-state index contributed by atoms with van der Waals surface area (Å²) in [5.74, 6) is 0. The van der Waals surface area contributed by atoms with Gasteiger partial charge < -0.3 is 5.32 Å². The fraction of sp³-hybridized carbons (Fsp3) is 0.786. The van der Waals surface area contributed by atoms with Gasteiger partial charge in [-0.05, 0) is 32.1 Å². The van der Waals surface area contributed by atoms with Gasteiger partial charge in [0.15, 0.2) is 0 Å². The van der Waals surface area contributed by atoms with Crippen molar-refractivity contribution in [2.24, 2.45) is 5.41 Å². The highest BCUT2D eigenvalue weighted by Gasteiger charge is 2.33. The van der Waals surface area contributed by atoms with Gasteiger partial charge in [0, 0.05) is 17.5 Å². The molecule has 2 atom stereocenters. The lowest BCUT2D eigenvalue weighted by atomic mass is 9.73. The minimum Gasteiger partial charge on any atom is -0.305 e. The third-order valence-corrected chi connectivity index (χ3v) is 4.83. The van der Waals surface area contributed by atoms with Crippen LogP contribution in [0.3, 0.4) is 0 Å². The monoisotopic (exact) mass is 252 g/mol. The molecule has 0 bridgehead atoms. The fourth-order valence-electron chi connectivity index (χ4n) is 2.77. The summed E-state index contributed by atoms with van der Waals surface area (Å²) in [4.78, 5) is 4.58.